The number of halogens is 2. The molecule has 144 valence electrons. The monoisotopic (exact) mass is 383 g/mol. The fourth-order valence-corrected chi connectivity index (χ4v) is 3.93. The van der Waals surface area contributed by atoms with Crippen molar-refractivity contribution in [2.45, 2.75) is 51.6 Å². The van der Waals surface area contributed by atoms with E-state index in [2.05, 4.69) is 24.1 Å². The van der Waals surface area contributed by atoms with Crippen LogP contribution in [0, 0.1) is 5.41 Å². The number of hydrogen-bond donors (Lipinski definition) is 1. The van der Waals surface area contributed by atoms with E-state index in [0.29, 0.717) is 24.6 Å². The molecule has 0 bridgehead atoms. The Hall–Kier alpha value is -0.0700. The normalized spacial score (nSPS) is 21.7. The molecular formula is C17H35Cl2N3O2. The Morgan fingerprint density at radius 2 is 1.79 bits per heavy atom. The van der Waals surface area contributed by atoms with Crippen LogP contribution in [0.15, 0.2) is 0 Å². The highest BCUT2D eigenvalue weighted by Crippen LogP contribution is 2.33. The minimum Gasteiger partial charge on any atom is -0.384 e. The molecule has 1 amide bonds. The van der Waals surface area contributed by atoms with Gasteiger partial charge in [0.05, 0.1) is 12.0 Å². The van der Waals surface area contributed by atoms with Gasteiger partial charge in [0.15, 0.2) is 0 Å². The van der Waals surface area contributed by atoms with Crippen molar-refractivity contribution in [1.29, 1.82) is 0 Å². The van der Waals surface area contributed by atoms with Crippen LogP contribution in [-0.4, -0.2) is 74.7 Å². The zero-order valence-corrected chi connectivity index (χ0v) is 17.2. The van der Waals surface area contributed by atoms with Crippen molar-refractivity contribution in [3.05, 3.63) is 0 Å². The third-order valence-corrected chi connectivity index (χ3v) is 5.53. The van der Waals surface area contributed by atoms with E-state index < -0.39 is 0 Å². The first-order valence-corrected chi connectivity index (χ1v) is 8.71. The molecule has 7 heteroatoms. The van der Waals surface area contributed by atoms with Crippen molar-refractivity contribution in [2.75, 3.05) is 46.9 Å². The minimum absolute atomic E-state index is 0. The highest BCUT2D eigenvalue weighted by molar-refractivity contribution is 5.85. The van der Waals surface area contributed by atoms with Gasteiger partial charge < -0.3 is 19.9 Å². The van der Waals surface area contributed by atoms with Gasteiger partial charge in [-0.1, -0.05) is 0 Å². The minimum atomic E-state index is -0.316. The van der Waals surface area contributed by atoms with Gasteiger partial charge in [0, 0.05) is 39.3 Å². The summed E-state index contributed by atoms with van der Waals surface area (Å²) < 4.78 is 5.41. The van der Waals surface area contributed by atoms with E-state index in [1.807, 2.05) is 11.9 Å². The van der Waals surface area contributed by atoms with Crippen molar-refractivity contribution >= 4 is 30.7 Å². The fraction of sp³-hybridized carbons (Fsp3) is 0.941. The molecule has 1 N–H and O–H groups in total. The first kappa shape index (κ1) is 23.9. The summed E-state index contributed by atoms with van der Waals surface area (Å²) in [4.78, 5) is 17.7. The molecule has 0 aromatic rings. The Morgan fingerprint density at radius 1 is 1.25 bits per heavy atom. The number of nitrogens with one attached hydrogen (secondary N) is 1. The van der Waals surface area contributed by atoms with Crippen LogP contribution in [0.1, 0.15) is 39.5 Å². The topological polar surface area (TPSA) is 44.8 Å². The zero-order chi connectivity index (χ0) is 16.2. The van der Waals surface area contributed by atoms with Crippen molar-refractivity contribution in [1.82, 2.24) is 15.1 Å². The van der Waals surface area contributed by atoms with Gasteiger partial charge in [-0.15, -0.1) is 24.8 Å². The Labute approximate surface area is 159 Å². The number of rotatable bonds is 5. The molecule has 0 aromatic carbocycles. The second-order valence-electron chi connectivity index (χ2n) is 7.24. The summed E-state index contributed by atoms with van der Waals surface area (Å²) in [6, 6.07) is 0.984. The predicted molar refractivity (Wildman–Crippen MR) is 103 cm³/mol. The van der Waals surface area contributed by atoms with Gasteiger partial charge in [0.25, 0.3) is 0 Å². The number of ether oxygens (including phenoxy) is 1. The van der Waals surface area contributed by atoms with Crippen molar-refractivity contribution < 1.29 is 9.53 Å². The summed E-state index contributed by atoms with van der Waals surface area (Å²) >= 11 is 0. The maximum Gasteiger partial charge on any atom is 0.231 e. The van der Waals surface area contributed by atoms with Gasteiger partial charge in [-0.05, 0) is 52.6 Å². The van der Waals surface area contributed by atoms with E-state index in [-0.39, 0.29) is 30.2 Å². The van der Waals surface area contributed by atoms with Crippen molar-refractivity contribution in [3.8, 4) is 0 Å². The van der Waals surface area contributed by atoms with Crippen LogP contribution in [0.2, 0.25) is 0 Å². The van der Waals surface area contributed by atoms with Crippen LogP contribution in [0.25, 0.3) is 0 Å². The number of carbonyl (C=O) groups is 1. The maximum atomic E-state index is 13.1. The van der Waals surface area contributed by atoms with Gasteiger partial charge in [0.2, 0.25) is 5.91 Å². The molecule has 2 heterocycles. The third-order valence-electron chi connectivity index (χ3n) is 5.53. The number of likely N-dealkylation sites (tertiary alicyclic amines) is 1. The second kappa shape index (κ2) is 10.8. The van der Waals surface area contributed by atoms with Crippen molar-refractivity contribution in [3.63, 3.8) is 0 Å². The van der Waals surface area contributed by atoms with E-state index in [9.17, 15) is 4.79 Å². The summed E-state index contributed by atoms with van der Waals surface area (Å²) in [5.74, 6) is 0.291. The summed E-state index contributed by atoms with van der Waals surface area (Å²) in [7, 11) is 3.70. The van der Waals surface area contributed by atoms with E-state index in [4.69, 9.17) is 4.74 Å². The largest absolute Gasteiger partial charge is 0.384 e. The number of nitrogens with zero attached hydrogens (tertiary/aromatic N) is 2. The van der Waals surface area contributed by atoms with Crippen molar-refractivity contribution in [2.24, 2.45) is 5.41 Å². The fourth-order valence-electron chi connectivity index (χ4n) is 3.93. The lowest BCUT2D eigenvalue weighted by Gasteiger charge is -2.43. The van der Waals surface area contributed by atoms with Crippen LogP contribution in [0.4, 0.5) is 0 Å². The lowest BCUT2D eigenvalue weighted by Crippen LogP contribution is -2.55. The lowest BCUT2D eigenvalue weighted by atomic mass is 9.78. The Balaban J connectivity index is 0.00000264. The molecule has 2 fully saturated rings. The zero-order valence-electron chi connectivity index (χ0n) is 15.5. The molecule has 0 aromatic heterocycles. The summed E-state index contributed by atoms with van der Waals surface area (Å²) in [5.41, 5.74) is -0.316. The van der Waals surface area contributed by atoms with Crippen LogP contribution < -0.4 is 5.32 Å². The van der Waals surface area contributed by atoms with Gasteiger partial charge >= 0.3 is 0 Å². The molecule has 0 saturated carbocycles. The Kier molecular flexibility index (Phi) is 10.8. The summed E-state index contributed by atoms with van der Waals surface area (Å²) in [6.45, 7) is 9.05. The predicted octanol–water partition coefficient (Wildman–Crippen LogP) is 2.18. The van der Waals surface area contributed by atoms with Crippen LogP contribution in [-0.2, 0) is 9.53 Å². The SMILES string of the molecule is COCC1(C(=O)N(C)C2CCN(C(C)C)CC2)CCNCC1.Cl.Cl. The second-order valence-corrected chi connectivity index (χ2v) is 7.24. The van der Waals surface area contributed by atoms with E-state index in [1.54, 1.807) is 7.11 Å². The van der Waals surface area contributed by atoms with E-state index in [1.165, 1.54) is 0 Å². The Morgan fingerprint density at radius 3 is 2.25 bits per heavy atom. The summed E-state index contributed by atoms with van der Waals surface area (Å²) in [5, 5.41) is 3.36. The molecule has 0 spiro atoms. The molecule has 2 rings (SSSR count). The first-order valence-electron chi connectivity index (χ1n) is 8.71. The molecule has 2 aliphatic rings. The van der Waals surface area contributed by atoms with Crippen LogP contribution >= 0.6 is 24.8 Å². The molecule has 0 atom stereocenters. The average Bonchev–Trinajstić information content (AvgIpc) is 2.54. The van der Waals surface area contributed by atoms with E-state index in [0.717, 1.165) is 51.9 Å². The first-order chi connectivity index (χ1) is 10.5. The number of amides is 1. The van der Waals surface area contributed by atoms with Gasteiger partial charge in [-0.3, -0.25) is 4.79 Å². The highest BCUT2D eigenvalue weighted by atomic mass is 35.5. The number of hydrogen-bond acceptors (Lipinski definition) is 4. The highest BCUT2D eigenvalue weighted by Gasteiger charge is 2.43. The molecule has 2 aliphatic heterocycles. The summed E-state index contributed by atoms with van der Waals surface area (Å²) in [6.07, 6.45) is 3.94. The van der Waals surface area contributed by atoms with Crippen LogP contribution in [0.5, 0.6) is 0 Å². The van der Waals surface area contributed by atoms with E-state index >= 15 is 0 Å². The lowest BCUT2D eigenvalue weighted by molar-refractivity contribution is -0.149. The van der Waals surface area contributed by atoms with Crippen LogP contribution in [0.3, 0.4) is 0 Å². The molecule has 2 saturated heterocycles. The molecule has 0 aliphatic carbocycles. The van der Waals surface area contributed by atoms with Gasteiger partial charge in [-0.25, -0.2) is 0 Å². The number of piperidine rings is 2. The maximum absolute atomic E-state index is 13.1. The smallest absolute Gasteiger partial charge is 0.231 e. The third kappa shape index (κ3) is 5.46. The number of carbonyl (C=O) groups excluding carboxylic acids is 1. The molecule has 24 heavy (non-hydrogen) atoms. The average molecular weight is 384 g/mol. The molecule has 5 nitrogen and oxygen atoms in total. The molecule has 0 radical (unpaired) electrons. The molecule has 0 unspecified atom stereocenters. The van der Waals surface area contributed by atoms with Gasteiger partial charge in [-0.2, -0.15) is 0 Å². The van der Waals surface area contributed by atoms with Gasteiger partial charge in [0.1, 0.15) is 0 Å². The quantitative estimate of drug-likeness (QED) is 0.789. The molecular weight excluding hydrogens is 349 g/mol. The number of methoxy groups -OCH3 is 1. The Bertz CT molecular complexity index is 363. The standard InChI is InChI=1S/C17H33N3O2.2ClH/c1-14(2)20-11-5-15(6-12-20)19(3)16(21)17(13-22-4)7-9-18-10-8-17;;/h14-15,18H,5-13H2,1-4H3;2*1H.